The molecule has 0 radical (unpaired) electrons. The molecule has 0 aromatic heterocycles. The second kappa shape index (κ2) is 5.36. The molecule has 92 valence electrons. The zero-order valence-electron chi connectivity index (χ0n) is 10.2. The lowest BCUT2D eigenvalue weighted by atomic mass is 10.1. The minimum Gasteiger partial charge on any atom is -0.423 e. The van der Waals surface area contributed by atoms with E-state index in [1.165, 1.54) is 0 Å². The van der Waals surface area contributed by atoms with Gasteiger partial charge in [0, 0.05) is 4.47 Å². The zero-order valence-corrected chi connectivity index (χ0v) is 11.8. The van der Waals surface area contributed by atoms with Crippen molar-refractivity contribution in [3.8, 4) is 5.75 Å². The molecule has 18 heavy (non-hydrogen) atoms. The molecule has 0 bridgehead atoms. The highest BCUT2D eigenvalue weighted by Crippen LogP contribution is 2.23. The number of carbonyl (C=O) groups is 1. The van der Waals surface area contributed by atoms with Gasteiger partial charge in [0.05, 0.1) is 5.56 Å². The van der Waals surface area contributed by atoms with Crippen LogP contribution in [0.5, 0.6) is 5.75 Å². The molecule has 0 aliphatic carbocycles. The van der Waals surface area contributed by atoms with Crippen LogP contribution in [0.15, 0.2) is 46.9 Å². The Morgan fingerprint density at radius 1 is 1.06 bits per heavy atom. The SMILES string of the molecule is Cc1cc(Br)ccc1OC(=O)c1ccccc1C. The van der Waals surface area contributed by atoms with Crippen LogP contribution in [0.2, 0.25) is 0 Å². The summed E-state index contributed by atoms with van der Waals surface area (Å²) in [5, 5.41) is 0. The monoisotopic (exact) mass is 304 g/mol. The molecule has 0 N–H and O–H groups in total. The fourth-order valence-electron chi connectivity index (χ4n) is 1.68. The van der Waals surface area contributed by atoms with E-state index < -0.39 is 0 Å². The van der Waals surface area contributed by atoms with Gasteiger partial charge in [-0.2, -0.15) is 0 Å². The lowest BCUT2D eigenvalue weighted by Gasteiger charge is -2.09. The number of rotatable bonds is 2. The molecule has 2 aromatic carbocycles. The van der Waals surface area contributed by atoms with Gasteiger partial charge in [-0.05, 0) is 49.2 Å². The Bertz CT molecular complexity index is 591. The Morgan fingerprint density at radius 2 is 1.78 bits per heavy atom. The predicted octanol–water partition coefficient (Wildman–Crippen LogP) is 4.29. The first-order chi connectivity index (χ1) is 8.58. The Labute approximate surface area is 115 Å². The molecule has 0 heterocycles. The fourth-order valence-corrected chi connectivity index (χ4v) is 2.16. The summed E-state index contributed by atoms with van der Waals surface area (Å²) in [5.41, 5.74) is 2.43. The van der Waals surface area contributed by atoms with Crippen LogP contribution in [-0.4, -0.2) is 5.97 Å². The molecule has 2 nitrogen and oxygen atoms in total. The number of hydrogen-bond acceptors (Lipinski definition) is 2. The van der Waals surface area contributed by atoms with E-state index in [0.29, 0.717) is 11.3 Å². The molecular formula is C15H13BrO2. The third kappa shape index (κ3) is 2.79. The molecule has 0 unspecified atom stereocenters. The molecule has 0 atom stereocenters. The molecule has 2 rings (SSSR count). The summed E-state index contributed by atoms with van der Waals surface area (Å²) >= 11 is 3.38. The summed E-state index contributed by atoms with van der Waals surface area (Å²) in [6, 6.07) is 13.0. The van der Waals surface area contributed by atoms with E-state index in [9.17, 15) is 4.79 Å². The molecule has 0 aliphatic heterocycles. The number of esters is 1. The van der Waals surface area contributed by atoms with Crippen molar-refractivity contribution >= 4 is 21.9 Å². The average Bonchev–Trinajstić information content (AvgIpc) is 2.33. The topological polar surface area (TPSA) is 26.3 Å². The first kappa shape index (κ1) is 12.8. The van der Waals surface area contributed by atoms with Gasteiger partial charge >= 0.3 is 5.97 Å². The minimum absolute atomic E-state index is 0.321. The van der Waals surface area contributed by atoms with Crippen molar-refractivity contribution in [3.63, 3.8) is 0 Å². The van der Waals surface area contributed by atoms with Crippen LogP contribution in [0.25, 0.3) is 0 Å². The molecule has 0 aliphatic rings. The summed E-state index contributed by atoms with van der Waals surface area (Å²) in [6.07, 6.45) is 0. The number of hydrogen-bond donors (Lipinski definition) is 0. The van der Waals surface area contributed by atoms with E-state index in [2.05, 4.69) is 15.9 Å². The van der Waals surface area contributed by atoms with Crippen LogP contribution < -0.4 is 4.74 Å². The molecule has 0 saturated heterocycles. The highest BCUT2D eigenvalue weighted by molar-refractivity contribution is 9.10. The molecular weight excluding hydrogens is 292 g/mol. The van der Waals surface area contributed by atoms with Crippen molar-refractivity contribution in [2.45, 2.75) is 13.8 Å². The van der Waals surface area contributed by atoms with Crippen molar-refractivity contribution in [2.75, 3.05) is 0 Å². The summed E-state index contributed by atoms with van der Waals surface area (Å²) in [5.74, 6) is 0.268. The highest BCUT2D eigenvalue weighted by atomic mass is 79.9. The molecule has 0 fully saturated rings. The molecule has 0 saturated carbocycles. The third-order valence-corrected chi connectivity index (χ3v) is 3.20. The van der Waals surface area contributed by atoms with Gasteiger partial charge in [-0.3, -0.25) is 0 Å². The summed E-state index contributed by atoms with van der Waals surface area (Å²) < 4.78 is 6.38. The van der Waals surface area contributed by atoms with Gasteiger partial charge in [-0.1, -0.05) is 34.1 Å². The number of benzene rings is 2. The van der Waals surface area contributed by atoms with Crippen LogP contribution in [0, 0.1) is 13.8 Å². The largest absolute Gasteiger partial charge is 0.423 e. The summed E-state index contributed by atoms with van der Waals surface area (Å²) in [7, 11) is 0. The second-order valence-electron chi connectivity index (χ2n) is 4.11. The smallest absolute Gasteiger partial charge is 0.343 e. The number of carbonyl (C=O) groups excluding carboxylic acids is 1. The first-order valence-corrected chi connectivity index (χ1v) is 6.41. The van der Waals surface area contributed by atoms with E-state index in [1.54, 1.807) is 12.1 Å². The first-order valence-electron chi connectivity index (χ1n) is 5.62. The second-order valence-corrected chi connectivity index (χ2v) is 5.03. The lowest BCUT2D eigenvalue weighted by Crippen LogP contribution is -2.10. The van der Waals surface area contributed by atoms with E-state index in [0.717, 1.165) is 15.6 Å². The van der Waals surface area contributed by atoms with E-state index in [-0.39, 0.29) is 5.97 Å². The van der Waals surface area contributed by atoms with Gasteiger partial charge in [0.15, 0.2) is 0 Å². The maximum absolute atomic E-state index is 12.0. The van der Waals surface area contributed by atoms with Crippen LogP contribution in [0.1, 0.15) is 21.5 Å². The van der Waals surface area contributed by atoms with E-state index in [4.69, 9.17) is 4.74 Å². The molecule has 0 amide bonds. The van der Waals surface area contributed by atoms with Crippen LogP contribution in [-0.2, 0) is 0 Å². The quantitative estimate of drug-likeness (QED) is 0.611. The van der Waals surface area contributed by atoms with Crippen molar-refractivity contribution in [2.24, 2.45) is 0 Å². The van der Waals surface area contributed by atoms with Gasteiger partial charge in [-0.25, -0.2) is 4.79 Å². The van der Waals surface area contributed by atoms with Crippen LogP contribution >= 0.6 is 15.9 Å². The van der Waals surface area contributed by atoms with Crippen molar-refractivity contribution < 1.29 is 9.53 Å². The molecule has 2 aromatic rings. The number of halogens is 1. The van der Waals surface area contributed by atoms with Gasteiger partial charge < -0.3 is 4.74 Å². The molecule has 3 heteroatoms. The fraction of sp³-hybridized carbons (Fsp3) is 0.133. The van der Waals surface area contributed by atoms with E-state index >= 15 is 0 Å². The highest BCUT2D eigenvalue weighted by Gasteiger charge is 2.12. The zero-order chi connectivity index (χ0) is 13.1. The third-order valence-electron chi connectivity index (χ3n) is 2.70. The number of aryl methyl sites for hydroxylation is 2. The van der Waals surface area contributed by atoms with E-state index in [1.807, 2.05) is 44.2 Å². The standard InChI is InChI=1S/C15H13BrO2/c1-10-5-3-4-6-13(10)15(17)18-14-8-7-12(16)9-11(14)2/h3-9H,1-2H3. The predicted molar refractivity (Wildman–Crippen MR) is 75.0 cm³/mol. The number of ether oxygens (including phenoxy) is 1. The van der Waals surface area contributed by atoms with Gasteiger partial charge in [0.25, 0.3) is 0 Å². The van der Waals surface area contributed by atoms with Crippen LogP contribution in [0.3, 0.4) is 0 Å². The van der Waals surface area contributed by atoms with Gasteiger partial charge in [0.2, 0.25) is 0 Å². The van der Waals surface area contributed by atoms with Gasteiger partial charge in [-0.15, -0.1) is 0 Å². The van der Waals surface area contributed by atoms with Gasteiger partial charge in [0.1, 0.15) is 5.75 Å². The Kier molecular flexibility index (Phi) is 3.82. The van der Waals surface area contributed by atoms with Crippen molar-refractivity contribution in [3.05, 3.63) is 63.6 Å². The Hall–Kier alpha value is -1.61. The van der Waals surface area contributed by atoms with Crippen LogP contribution in [0.4, 0.5) is 0 Å². The maximum Gasteiger partial charge on any atom is 0.343 e. The Morgan fingerprint density at radius 3 is 2.44 bits per heavy atom. The molecule has 0 spiro atoms. The lowest BCUT2D eigenvalue weighted by molar-refractivity contribution is 0.0733. The maximum atomic E-state index is 12.0. The summed E-state index contributed by atoms with van der Waals surface area (Å²) in [4.78, 5) is 12.0. The van der Waals surface area contributed by atoms with Crippen molar-refractivity contribution in [1.29, 1.82) is 0 Å². The van der Waals surface area contributed by atoms with Crippen molar-refractivity contribution in [1.82, 2.24) is 0 Å². The summed E-state index contributed by atoms with van der Waals surface area (Å²) in [6.45, 7) is 3.80. The minimum atomic E-state index is -0.321. The average molecular weight is 305 g/mol. The Balaban J connectivity index is 2.24. The normalized spacial score (nSPS) is 10.2.